The van der Waals surface area contributed by atoms with Gasteiger partial charge in [0.15, 0.2) is 0 Å². The van der Waals surface area contributed by atoms with Gasteiger partial charge in [-0.1, -0.05) is 45.0 Å². The molecule has 1 aromatic rings. The summed E-state index contributed by atoms with van der Waals surface area (Å²) in [5, 5.41) is 0.210. The second-order valence-corrected chi connectivity index (χ2v) is 12.4. The maximum atomic E-state index is 6.70. The molecule has 1 aromatic carbocycles. The SMILES string of the molecule is C#CCCCC1=C(O[Si](C)(C)C(C)(C)C)c2ccccc2C1. The Morgan fingerprint density at radius 1 is 1.23 bits per heavy atom. The molecule has 0 fully saturated rings. The number of fused-ring (bicyclic) bond motifs is 1. The molecule has 22 heavy (non-hydrogen) atoms. The molecule has 0 radical (unpaired) electrons. The number of unbranched alkanes of at least 4 members (excludes halogenated alkanes) is 1. The van der Waals surface area contributed by atoms with Crippen LogP contribution in [0.3, 0.4) is 0 Å². The first kappa shape index (κ1) is 16.9. The summed E-state index contributed by atoms with van der Waals surface area (Å²) in [7, 11) is -1.83. The first-order valence-corrected chi connectivity index (χ1v) is 11.1. The fourth-order valence-corrected chi connectivity index (χ4v) is 3.61. The van der Waals surface area contributed by atoms with E-state index >= 15 is 0 Å². The van der Waals surface area contributed by atoms with Gasteiger partial charge in [-0.25, -0.2) is 0 Å². The van der Waals surface area contributed by atoms with Crippen LogP contribution in [0.5, 0.6) is 0 Å². The molecule has 1 aliphatic carbocycles. The molecule has 0 aromatic heterocycles. The van der Waals surface area contributed by atoms with E-state index < -0.39 is 8.32 Å². The minimum Gasteiger partial charge on any atom is -0.543 e. The molecule has 0 saturated heterocycles. The van der Waals surface area contributed by atoms with E-state index in [0.29, 0.717) is 0 Å². The summed E-state index contributed by atoms with van der Waals surface area (Å²) < 4.78 is 6.70. The highest BCUT2D eigenvalue weighted by atomic mass is 28.4. The van der Waals surface area contributed by atoms with E-state index in [-0.39, 0.29) is 5.04 Å². The van der Waals surface area contributed by atoms with Gasteiger partial charge in [0.2, 0.25) is 0 Å². The zero-order valence-electron chi connectivity index (χ0n) is 14.6. The van der Waals surface area contributed by atoms with Crippen LogP contribution in [0.4, 0.5) is 0 Å². The number of rotatable bonds is 5. The smallest absolute Gasteiger partial charge is 0.250 e. The zero-order chi connectivity index (χ0) is 16.4. The van der Waals surface area contributed by atoms with Crippen molar-refractivity contribution in [2.75, 3.05) is 0 Å². The van der Waals surface area contributed by atoms with Crippen molar-refractivity contribution in [1.29, 1.82) is 0 Å². The summed E-state index contributed by atoms with van der Waals surface area (Å²) in [5.41, 5.74) is 4.12. The average molecular weight is 313 g/mol. The van der Waals surface area contributed by atoms with Crippen molar-refractivity contribution in [1.82, 2.24) is 0 Å². The highest BCUT2D eigenvalue weighted by Crippen LogP contribution is 2.43. The van der Waals surface area contributed by atoms with Crippen LogP contribution in [0, 0.1) is 12.3 Å². The second-order valence-electron chi connectivity index (χ2n) is 7.69. The van der Waals surface area contributed by atoms with Crippen LogP contribution in [0.15, 0.2) is 29.8 Å². The Balaban J connectivity index is 2.32. The molecular weight excluding hydrogens is 284 g/mol. The Morgan fingerprint density at radius 2 is 1.91 bits per heavy atom. The van der Waals surface area contributed by atoms with Gasteiger partial charge in [0.25, 0.3) is 8.32 Å². The number of allylic oxidation sites excluding steroid dienone is 1. The molecule has 0 atom stereocenters. The van der Waals surface area contributed by atoms with Gasteiger partial charge in [-0.3, -0.25) is 0 Å². The van der Waals surface area contributed by atoms with E-state index in [0.717, 1.165) is 31.4 Å². The van der Waals surface area contributed by atoms with E-state index in [9.17, 15) is 0 Å². The number of terminal acetylenes is 1. The van der Waals surface area contributed by atoms with Gasteiger partial charge in [0.1, 0.15) is 5.76 Å². The van der Waals surface area contributed by atoms with Crippen molar-refractivity contribution in [3.8, 4) is 12.3 Å². The molecule has 0 N–H and O–H groups in total. The maximum absolute atomic E-state index is 6.70. The van der Waals surface area contributed by atoms with Gasteiger partial charge in [-0.05, 0) is 48.5 Å². The Bertz CT molecular complexity index is 611. The highest BCUT2D eigenvalue weighted by Gasteiger charge is 2.41. The minimum absolute atomic E-state index is 0.210. The fraction of sp³-hybridized carbons (Fsp3) is 0.500. The van der Waals surface area contributed by atoms with Crippen molar-refractivity contribution in [3.05, 3.63) is 41.0 Å². The van der Waals surface area contributed by atoms with Crippen LogP contribution in [0.25, 0.3) is 5.76 Å². The first-order chi connectivity index (χ1) is 10.3. The lowest BCUT2D eigenvalue weighted by Gasteiger charge is -2.37. The van der Waals surface area contributed by atoms with Gasteiger partial charge in [-0.15, -0.1) is 12.3 Å². The predicted octanol–water partition coefficient (Wildman–Crippen LogP) is 5.78. The normalized spacial score (nSPS) is 14.7. The summed E-state index contributed by atoms with van der Waals surface area (Å²) in [6, 6.07) is 8.65. The number of benzene rings is 1. The summed E-state index contributed by atoms with van der Waals surface area (Å²) >= 11 is 0. The van der Waals surface area contributed by atoms with Crippen LogP contribution >= 0.6 is 0 Å². The van der Waals surface area contributed by atoms with Gasteiger partial charge in [-0.2, -0.15) is 0 Å². The lowest BCUT2D eigenvalue weighted by molar-refractivity contribution is 0.454. The average Bonchev–Trinajstić information content (AvgIpc) is 2.76. The van der Waals surface area contributed by atoms with Crippen molar-refractivity contribution in [2.45, 2.75) is 64.6 Å². The topological polar surface area (TPSA) is 9.23 Å². The van der Waals surface area contributed by atoms with E-state index in [4.69, 9.17) is 10.8 Å². The molecule has 0 spiro atoms. The predicted molar refractivity (Wildman–Crippen MR) is 98.0 cm³/mol. The summed E-state index contributed by atoms with van der Waals surface area (Å²) in [6.07, 6.45) is 9.35. The van der Waals surface area contributed by atoms with Crippen molar-refractivity contribution in [3.63, 3.8) is 0 Å². The third-order valence-electron chi connectivity index (χ3n) is 4.95. The second kappa shape index (κ2) is 6.34. The van der Waals surface area contributed by atoms with Crippen molar-refractivity contribution >= 4 is 14.1 Å². The van der Waals surface area contributed by atoms with Gasteiger partial charge >= 0.3 is 0 Å². The Labute approximate surface area is 136 Å². The third kappa shape index (κ3) is 3.47. The quantitative estimate of drug-likeness (QED) is 0.380. The van der Waals surface area contributed by atoms with Crippen molar-refractivity contribution < 1.29 is 4.43 Å². The number of hydrogen-bond acceptors (Lipinski definition) is 1. The van der Waals surface area contributed by atoms with E-state index in [2.05, 4.69) is 64.1 Å². The zero-order valence-corrected chi connectivity index (χ0v) is 15.6. The minimum atomic E-state index is -1.83. The van der Waals surface area contributed by atoms with Gasteiger partial charge < -0.3 is 4.43 Å². The van der Waals surface area contributed by atoms with Crippen LogP contribution in [-0.4, -0.2) is 8.32 Å². The molecule has 118 valence electrons. The van der Waals surface area contributed by atoms with Crippen LogP contribution in [-0.2, 0) is 10.8 Å². The first-order valence-electron chi connectivity index (χ1n) is 8.19. The molecule has 0 saturated carbocycles. The molecular formula is C20H28OSi. The highest BCUT2D eigenvalue weighted by molar-refractivity contribution is 6.74. The van der Waals surface area contributed by atoms with Crippen LogP contribution in [0.2, 0.25) is 18.1 Å². The monoisotopic (exact) mass is 312 g/mol. The fourth-order valence-electron chi connectivity index (χ4n) is 2.54. The van der Waals surface area contributed by atoms with E-state index in [1.54, 1.807) is 0 Å². The Hall–Kier alpha value is -1.46. The number of hydrogen-bond donors (Lipinski definition) is 0. The summed E-state index contributed by atoms with van der Waals surface area (Å²) in [4.78, 5) is 0. The van der Waals surface area contributed by atoms with Gasteiger partial charge in [0.05, 0.1) is 0 Å². The Kier molecular flexibility index (Phi) is 4.87. The molecule has 0 bridgehead atoms. The lowest BCUT2D eigenvalue weighted by atomic mass is 10.1. The van der Waals surface area contributed by atoms with Gasteiger partial charge in [0, 0.05) is 12.0 Å². The molecule has 0 amide bonds. The van der Waals surface area contributed by atoms with Crippen LogP contribution < -0.4 is 0 Å². The molecule has 1 nitrogen and oxygen atoms in total. The molecule has 0 unspecified atom stereocenters. The largest absolute Gasteiger partial charge is 0.543 e. The maximum Gasteiger partial charge on any atom is 0.250 e. The standard InChI is InChI=1S/C20H28OSi/c1-7-8-9-13-17-15-16-12-10-11-14-18(16)19(17)21-22(5,6)20(2,3)4/h1,10-12,14H,8-9,13,15H2,2-6H3. The lowest BCUT2D eigenvalue weighted by Crippen LogP contribution is -2.40. The van der Waals surface area contributed by atoms with E-state index in [1.165, 1.54) is 16.7 Å². The summed E-state index contributed by atoms with van der Waals surface area (Å²) in [5.74, 6) is 3.90. The van der Waals surface area contributed by atoms with Crippen molar-refractivity contribution in [2.24, 2.45) is 0 Å². The molecule has 2 heteroatoms. The molecule has 2 rings (SSSR count). The summed E-state index contributed by atoms with van der Waals surface area (Å²) in [6.45, 7) is 11.5. The molecule has 1 aliphatic rings. The Morgan fingerprint density at radius 3 is 2.55 bits per heavy atom. The third-order valence-corrected chi connectivity index (χ3v) is 9.28. The van der Waals surface area contributed by atoms with E-state index in [1.807, 2.05) is 0 Å². The molecule has 0 aliphatic heterocycles. The molecule has 0 heterocycles. The van der Waals surface area contributed by atoms with Crippen LogP contribution in [0.1, 0.15) is 51.2 Å².